The van der Waals surface area contributed by atoms with Gasteiger partial charge < -0.3 is 9.47 Å². The highest BCUT2D eigenvalue weighted by atomic mass is 16.6. The Kier molecular flexibility index (Phi) is 3.62. The molecule has 1 saturated heterocycles. The molecule has 5 heteroatoms. The molecule has 0 radical (unpaired) electrons. The van der Waals surface area contributed by atoms with E-state index in [-0.39, 0.29) is 35.5 Å². The molecule has 0 aromatic rings. The highest BCUT2D eigenvalue weighted by molar-refractivity contribution is 5.94. The first-order valence-corrected chi connectivity index (χ1v) is 7.92. The molecule has 3 rings (SSSR count). The summed E-state index contributed by atoms with van der Waals surface area (Å²) < 4.78 is 10.8. The number of fused-ring (bicyclic) bond motifs is 3. The molecule has 2 aliphatic carbocycles. The predicted molar refractivity (Wildman–Crippen MR) is 77.7 cm³/mol. The molecule has 0 N–H and O–H groups in total. The van der Waals surface area contributed by atoms with Crippen LogP contribution in [0.15, 0.2) is 12.2 Å². The van der Waals surface area contributed by atoms with Crippen LogP contribution in [0.3, 0.4) is 0 Å². The van der Waals surface area contributed by atoms with Gasteiger partial charge in [-0.1, -0.05) is 6.58 Å². The molecule has 0 aromatic carbocycles. The average molecular weight is 306 g/mol. The lowest BCUT2D eigenvalue weighted by Crippen LogP contribution is -2.45. The van der Waals surface area contributed by atoms with Crippen LogP contribution in [0.5, 0.6) is 0 Å². The number of hydrogen-bond donors (Lipinski definition) is 0. The average Bonchev–Trinajstić information content (AvgIpc) is 2.87. The Morgan fingerprint density at radius 3 is 2.77 bits per heavy atom. The minimum absolute atomic E-state index is 0.0908. The van der Waals surface area contributed by atoms with Crippen molar-refractivity contribution in [2.24, 2.45) is 23.2 Å². The maximum absolute atomic E-state index is 12.6. The molecule has 0 spiro atoms. The van der Waals surface area contributed by atoms with Gasteiger partial charge in [0.05, 0.1) is 12.0 Å². The number of hydrogen-bond acceptors (Lipinski definition) is 5. The summed E-state index contributed by atoms with van der Waals surface area (Å²) in [6.07, 6.45) is 2.44. The molecule has 0 aromatic heterocycles. The monoisotopic (exact) mass is 306 g/mol. The van der Waals surface area contributed by atoms with Gasteiger partial charge in [0.15, 0.2) is 0 Å². The molecule has 0 unspecified atom stereocenters. The van der Waals surface area contributed by atoms with Crippen LogP contribution in [0, 0.1) is 23.2 Å². The predicted octanol–water partition coefficient (Wildman–Crippen LogP) is 2.04. The quantitative estimate of drug-likeness (QED) is 0.577. The summed E-state index contributed by atoms with van der Waals surface area (Å²) in [6.45, 7) is 7.51. The Bertz CT molecular complexity index is 551. The van der Waals surface area contributed by atoms with E-state index >= 15 is 0 Å². The second kappa shape index (κ2) is 5.21. The molecule has 1 aliphatic heterocycles. The first kappa shape index (κ1) is 15.3. The first-order valence-electron chi connectivity index (χ1n) is 7.92. The van der Waals surface area contributed by atoms with Crippen LogP contribution < -0.4 is 0 Å². The van der Waals surface area contributed by atoms with Crippen LogP contribution in [-0.2, 0) is 23.9 Å². The lowest BCUT2D eigenvalue weighted by atomic mass is 9.68. The number of ketones is 1. The van der Waals surface area contributed by atoms with Gasteiger partial charge in [0, 0.05) is 24.8 Å². The molecule has 120 valence electrons. The van der Waals surface area contributed by atoms with Gasteiger partial charge in [-0.25, -0.2) is 4.79 Å². The summed E-state index contributed by atoms with van der Waals surface area (Å²) in [5, 5.41) is 0. The van der Waals surface area contributed by atoms with Crippen LogP contribution in [-0.4, -0.2) is 30.4 Å². The van der Waals surface area contributed by atoms with Crippen molar-refractivity contribution >= 4 is 17.7 Å². The van der Waals surface area contributed by atoms with Crippen LogP contribution in [0.1, 0.15) is 39.5 Å². The summed E-state index contributed by atoms with van der Waals surface area (Å²) in [6, 6.07) is 0. The third-order valence-electron chi connectivity index (χ3n) is 5.87. The van der Waals surface area contributed by atoms with Crippen molar-refractivity contribution in [3.63, 3.8) is 0 Å². The Morgan fingerprint density at radius 1 is 1.36 bits per heavy atom. The minimum atomic E-state index is -0.679. The Balaban J connectivity index is 1.93. The lowest BCUT2D eigenvalue weighted by Gasteiger charge is -2.37. The van der Waals surface area contributed by atoms with E-state index in [2.05, 4.69) is 6.58 Å². The second-order valence-electron chi connectivity index (χ2n) is 6.95. The van der Waals surface area contributed by atoms with Crippen molar-refractivity contribution in [1.82, 2.24) is 0 Å². The van der Waals surface area contributed by atoms with E-state index in [0.29, 0.717) is 18.6 Å². The number of carbonyl (C=O) groups is 3. The first-order chi connectivity index (χ1) is 10.4. The topological polar surface area (TPSA) is 69.7 Å². The second-order valence-corrected chi connectivity index (χ2v) is 6.95. The van der Waals surface area contributed by atoms with Gasteiger partial charge in [0.2, 0.25) is 0 Å². The molecule has 0 amide bonds. The van der Waals surface area contributed by atoms with Crippen molar-refractivity contribution in [3.8, 4) is 0 Å². The molecule has 0 bridgehead atoms. The van der Waals surface area contributed by atoms with Crippen LogP contribution in [0.4, 0.5) is 0 Å². The van der Waals surface area contributed by atoms with Gasteiger partial charge in [0.25, 0.3) is 0 Å². The SMILES string of the molecule is C=C1C(=O)O[C@@H]2[C@H]1CC[C@H](COC(C)=O)[C@@H]1CCC(=O)[C@@]21C. The van der Waals surface area contributed by atoms with E-state index in [4.69, 9.17) is 9.47 Å². The molecular weight excluding hydrogens is 284 g/mol. The largest absolute Gasteiger partial charge is 0.466 e. The Morgan fingerprint density at radius 2 is 2.09 bits per heavy atom. The van der Waals surface area contributed by atoms with Crippen molar-refractivity contribution in [3.05, 3.63) is 12.2 Å². The van der Waals surface area contributed by atoms with E-state index in [1.54, 1.807) is 0 Å². The summed E-state index contributed by atoms with van der Waals surface area (Å²) in [4.78, 5) is 35.6. The number of Topliss-reactive ketones (excluding diaryl/α,β-unsaturated/α-hetero) is 1. The highest BCUT2D eigenvalue weighted by Gasteiger charge is 2.61. The van der Waals surface area contributed by atoms with Crippen LogP contribution in [0.2, 0.25) is 0 Å². The van der Waals surface area contributed by atoms with Crippen molar-refractivity contribution in [1.29, 1.82) is 0 Å². The molecule has 3 aliphatic rings. The maximum atomic E-state index is 12.6. The molecule has 1 heterocycles. The summed E-state index contributed by atoms with van der Waals surface area (Å²) in [5.41, 5.74) is -0.195. The Hall–Kier alpha value is -1.65. The summed E-state index contributed by atoms with van der Waals surface area (Å²) in [7, 11) is 0. The van der Waals surface area contributed by atoms with Crippen LogP contribution >= 0.6 is 0 Å². The Labute approximate surface area is 130 Å². The molecular formula is C17H22O5. The standard InChI is InChI=1S/C17H22O5/c1-9-12-5-4-11(8-21-10(2)18)13-6-7-14(19)17(13,3)15(12)22-16(9)20/h11-13,15H,1,4-8H2,2-3H3/t11-,12+,13+,15-,17+/m1/s1. The molecule has 5 atom stereocenters. The van der Waals surface area contributed by atoms with E-state index < -0.39 is 11.5 Å². The fourth-order valence-corrected chi connectivity index (χ4v) is 4.65. The zero-order valence-corrected chi connectivity index (χ0v) is 13.1. The minimum Gasteiger partial charge on any atom is -0.466 e. The normalized spacial score (nSPS) is 40.7. The molecule has 22 heavy (non-hydrogen) atoms. The number of esters is 2. The van der Waals surface area contributed by atoms with E-state index in [0.717, 1.165) is 19.3 Å². The molecule has 2 saturated carbocycles. The van der Waals surface area contributed by atoms with Crippen molar-refractivity contribution in [2.45, 2.75) is 45.6 Å². The number of ether oxygens (including phenoxy) is 2. The molecule has 3 fully saturated rings. The smallest absolute Gasteiger partial charge is 0.334 e. The van der Waals surface area contributed by atoms with Gasteiger partial charge >= 0.3 is 11.9 Å². The number of carbonyl (C=O) groups excluding carboxylic acids is 3. The van der Waals surface area contributed by atoms with Gasteiger partial charge in [0.1, 0.15) is 11.9 Å². The van der Waals surface area contributed by atoms with E-state index in [1.165, 1.54) is 6.92 Å². The van der Waals surface area contributed by atoms with E-state index in [9.17, 15) is 14.4 Å². The van der Waals surface area contributed by atoms with Gasteiger partial charge in [-0.15, -0.1) is 0 Å². The van der Waals surface area contributed by atoms with E-state index in [1.807, 2.05) is 6.92 Å². The van der Waals surface area contributed by atoms with Crippen molar-refractivity contribution < 1.29 is 23.9 Å². The number of rotatable bonds is 2. The fraction of sp³-hybridized carbons (Fsp3) is 0.706. The molecule has 5 nitrogen and oxygen atoms in total. The maximum Gasteiger partial charge on any atom is 0.334 e. The van der Waals surface area contributed by atoms with Crippen LogP contribution in [0.25, 0.3) is 0 Å². The fourth-order valence-electron chi connectivity index (χ4n) is 4.65. The zero-order chi connectivity index (χ0) is 16.1. The summed E-state index contributed by atoms with van der Waals surface area (Å²) in [5.74, 6) is -0.376. The third-order valence-corrected chi connectivity index (χ3v) is 5.87. The summed E-state index contributed by atoms with van der Waals surface area (Å²) >= 11 is 0. The zero-order valence-electron chi connectivity index (χ0n) is 13.1. The lowest BCUT2D eigenvalue weighted by molar-refractivity contribution is -0.152. The van der Waals surface area contributed by atoms with Gasteiger partial charge in [-0.2, -0.15) is 0 Å². The highest BCUT2D eigenvalue weighted by Crippen LogP contribution is 2.56. The van der Waals surface area contributed by atoms with Gasteiger partial charge in [-0.05, 0) is 38.0 Å². The third kappa shape index (κ3) is 2.09. The van der Waals surface area contributed by atoms with Gasteiger partial charge in [-0.3, -0.25) is 9.59 Å². The van der Waals surface area contributed by atoms with Crippen molar-refractivity contribution in [2.75, 3.05) is 6.61 Å².